The lowest BCUT2D eigenvalue weighted by molar-refractivity contribution is 0.361. The van der Waals surface area contributed by atoms with Crippen LogP contribution in [0.2, 0.25) is 0 Å². The van der Waals surface area contributed by atoms with Gasteiger partial charge >= 0.3 is 0 Å². The van der Waals surface area contributed by atoms with Gasteiger partial charge in [-0.2, -0.15) is 0 Å². The molecule has 2 atom stereocenters. The molecular formula is C15H26N4. The van der Waals surface area contributed by atoms with E-state index in [4.69, 9.17) is 0 Å². The van der Waals surface area contributed by atoms with Crippen molar-refractivity contribution >= 4 is 5.82 Å². The van der Waals surface area contributed by atoms with E-state index < -0.39 is 0 Å². The Morgan fingerprint density at radius 1 is 1.32 bits per heavy atom. The first-order valence-electron chi connectivity index (χ1n) is 7.39. The van der Waals surface area contributed by atoms with E-state index in [-0.39, 0.29) is 0 Å². The minimum absolute atomic E-state index is 0.476. The molecule has 4 nitrogen and oxygen atoms in total. The highest BCUT2D eigenvalue weighted by atomic mass is 15.2. The van der Waals surface area contributed by atoms with E-state index in [0.29, 0.717) is 12.1 Å². The first kappa shape index (κ1) is 14.3. The van der Waals surface area contributed by atoms with Crippen LogP contribution in [-0.4, -0.2) is 28.6 Å². The minimum Gasteiger partial charge on any atom is -0.352 e. The maximum absolute atomic E-state index is 4.59. The minimum atomic E-state index is 0.476. The third-order valence-corrected chi connectivity index (χ3v) is 4.05. The van der Waals surface area contributed by atoms with E-state index in [1.165, 1.54) is 12.8 Å². The lowest BCUT2D eigenvalue weighted by Gasteiger charge is -2.38. The topological polar surface area (TPSA) is 41.1 Å². The number of rotatable bonds is 4. The number of aromatic nitrogens is 2. The second-order valence-electron chi connectivity index (χ2n) is 5.96. The van der Waals surface area contributed by atoms with Crippen molar-refractivity contribution in [1.82, 2.24) is 15.3 Å². The van der Waals surface area contributed by atoms with Gasteiger partial charge in [0, 0.05) is 25.2 Å². The fourth-order valence-electron chi connectivity index (χ4n) is 2.56. The molecule has 0 bridgehead atoms. The third-order valence-electron chi connectivity index (χ3n) is 4.05. The molecular weight excluding hydrogens is 236 g/mol. The van der Waals surface area contributed by atoms with Crippen molar-refractivity contribution in [3.05, 3.63) is 18.1 Å². The first-order chi connectivity index (χ1) is 9.08. The quantitative estimate of drug-likeness (QED) is 0.905. The lowest BCUT2D eigenvalue weighted by atomic mass is 9.92. The van der Waals surface area contributed by atoms with Crippen molar-refractivity contribution in [2.24, 2.45) is 5.92 Å². The monoisotopic (exact) mass is 262 g/mol. The zero-order valence-electron chi connectivity index (χ0n) is 12.6. The summed E-state index contributed by atoms with van der Waals surface area (Å²) in [5.41, 5.74) is 1.01. The highest BCUT2D eigenvalue weighted by Crippen LogP contribution is 2.26. The Labute approximate surface area is 116 Å². The van der Waals surface area contributed by atoms with Crippen LogP contribution in [0.15, 0.2) is 12.4 Å². The summed E-state index contributed by atoms with van der Waals surface area (Å²) in [6.07, 6.45) is 6.40. The van der Waals surface area contributed by atoms with Gasteiger partial charge in [0.1, 0.15) is 5.82 Å². The average molecular weight is 262 g/mol. The Bertz CT molecular complexity index is 388. The molecule has 19 heavy (non-hydrogen) atoms. The summed E-state index contributed by atoms with van der Waals surface area (Å²) in [7, 11) is 0. The smallest absolute Gasteiger partial charge is 0.147 e. The molecule has 1 saturated heterocycles. The van der Waals surface area contributed by atoms with Gasteiger partial charge in [-0.1, -0.05) is 20.8 Å². The van der Waals surface area contributed by atoms with Crippen LogP contribution in [0, 0.1) is 5.92 Å². The summed E-state index contributed by atoms with van der Waals surface area (Å²) in [6.45, 7) is 10.8. The summed E-state index contributed by atoms with van der Waals surface area (Å²) >= 11 is 0. The molecule has 2 heterocycles. The van der Waals surface area contributed by atoms with Crippen LogP contribution < -0.4 is 10.2 Å². The first-order valence-corrected chi connectivity index (χ1v) is 7.39. The van der Waals surface area contributed by atoms with Gasteiger partial charge in [0.05, 0.1) is 18.1 Å². The zero-order valence-corrected chi connectivity index (χ0v) is 12.6. The lowest BCUT2D eigenvalue weighted by Crippen LogP contribution is -2.43. The molecule has 0 radical (unpaired) electrons. The molecule has 1 aliphatic heterocycles. The van der Waals surface area contributed by atoms with Gasteiger partial charge in [0.25, 0.3) is 0 Å². The highest BCUT2D eigenvalue weighted by molar-refractivity contribution is 5.38. The molecule has 2 rings (SSSR count). The number of anilines is 1. The molecule has 1 fully saturated rings. The Balaban J connectivity index is 2.01. The van der Waals surface area contributed by atoms with Crippen molar-refractivity contribution in [2.45, 2.75) is 59.2 Å². The average Bonchev–Trinajstić information content (AvgIpc) is 2.40. The molecule has 0 aromatic carbocycles. The molecule has 0 spiro atoms. The van der Waals surface area contributed by atoms with E-state index in [0.717, 1.165) is 30.5 Å². The summed E-state index contributed by atoms with van der Waals surface area (Å²) in [4.78, 5) is 11.5. The number of hydrogen-bond donors (Lipinski definition) is 1. The number of nitrogens with zero attached hydrogens (tertiary/aromatic N) is 3. The summed E-state index contributed by atoms with van der Waals surface area (Å²) in [5.74, 6) is 1.75. The summed E-state index contributed by atoms with van der Waals surface area (Å²) < 4.78 is 0. The number of hydrogen-bond acceptors (Lipinski definition) is 4. The SMILES string of the molecule is CC(C)NCc1cnc(N2CCCC(C)C2C)cn1. The summed E-state index contributed by atoms with van der Waals surface area (Å²) in [5, 5.41) is 3.36. The van der Waals surface area contributed by atoms with E-state index in [1.54, 1.807) is 0 Å². The molecule has 1 N–H and O–H groups in total. The predicted octanol–water partition coefficient (Wildman–Crippen LogP) is 2.60. The largest absolute Gasteiger partial charge is 0.352 e. The zero-order chi connectivity index (χ0) is 13.8. The van der Waals surface area contributed by atoms with Crippen molar-refractivity contribution in [2.75, 3.05) is 11.4 Å². The fourth-order valence-corrected chi connectivity index (χ4v) is 2.56. The fraction of sp³-hybridized carbons (Fsp3) is 0.733. The second kappa shape index (κ2) is 6.33. The van der Waals surface area contributed by atoms with Crippen LogP contribution in [0.5, 0.6) is 0 Å². The number of nitrogens with one attached hydrogen (secondary N) is 1. The number of piperidine rings is 1. The van der Waals surface area contributed by atoms with Gasteiger partial charge in [-0.25, -0.2) is 4.98 Å². The standard InChI is InChI=1S/C15H26N4/c1-11(2)16-8-14-9-18-15(10-17-14)19-7-5-6-12(3)13(19)4/h9-13,16H,5-8H2,1-4H3. The third kappa shape index (κ3) is 3.66. The Morgan fingerprint density at radius 3 is 2.74 bits per heavy atom. The Hall–Kier alpha value is -1.16. The van der Waals surface area contributed by atoms with Crippen molar-refractivity contribution in [1.29, 1.82) is 0 Å². The molecule has 2 unspecified atom stereocenters. The van der Waals surface area contributed by atoms with Crippen molar-refractivity contribution in [3.8, 4) is 0 Å². The molecule has 0 saturated carbocycles. The maximum atomic E-state index is 4.59. The van der Waals surface area contributed by atoms with E-state index >= 15 is 0 Å². The molecule has 106 valence electrons. The van der Waals surface area contributed by atoms with Crippen LogP contribution >= 0.6 is 0 Å². The van der Waals surface area contributed by atoms with E-state index in [2.05, 4.69) is 47.9 Å². The Kier molecular flexibility index (Phi) is 4.75. The molecule has 4 heteroatoms. The van der Waals surface area contributed by atoms with Gasteiger partial charge in [0.2, 0.25) is 0 Å². The van der Waals surface area contributed by atoms with Gasteiger partial charge in [0.15, 0.2) is 0 Å². The van der Waals surface area contributed by atoms with Gasteiger partial charge in [-0.05, 0) is 25.7 Å². The van der Waals surface area contributed by atoms with Crippen molar-refractivity contribution in [3.63, 3.8) is 0 Å². The normalized spacial score (nSPS) is 23.9. The molecule has 1 aromatic rings. The highest BCUT2D eigenvalue weighted by Gasteiger charge is 2.25. The van der Waals surface area contributed by atoms with Crippen LogP contribution in [0.4, 0.5) is 5.82 Å². The molecule has 0 amide bonds. The van der Waals surface area contributed by atoms with Gasteiger partial charge in [-0.3, -0.25) is 4.98 Å². The van der Waals surface area contributed by atoms with Crippen LogP contribution in [0.3, 0.4) is 0 Å². The van der Waals surface area contributed by atoms with Crippen LogP contribution in [-0.2, 0) is 6.54 Å². The molecule has 1 aliphatic rings. The summed E-state index contributed by atoms with van der Waals surface area (Å²) in [6, 6.07) is 1.03. The molecule has 0 aliphatic carbocycles. The van der Waals surface area contributed by atoms with Crippen LogP contribution in [0.1, 0.15) is 46.2 Å². The van der Waals surface area contributed by atoms with Crippen molar-refractivity contribution < 1.29 is 0 Å². The Morgan fingerprint density at radius 2 is 2.11 bits per heavy atom. The second-order valence-corrected chi connectivity index (χ2v) is 5.96. The molecule has 1 aromatic heterocycles. The predicted molar refractivity (Wildman–Crippen MR) is 79.2 cm³/mol. The maximum Gasteiger partial charge on any atom is 0.147 e. The van der Waals surface area contributed by atoms with E-state index in [1.807, 2.05) is 12.4 Å². The van der Waals surface area contributed by atoms with Gasteiger partial charge < -0.3 is 10.2 Å². The van der Waals surface area contributed by atoms with Crippen LogP contribution in [0.25, 0.3) is 0 Å². The van der Waals surface area contributed by atoms with E-state index in [9.17, 15) is 0 Å². The van der Waals surface area contributed by atoms with Gasteiger partial charge in [-0.15, -0.1) is 0 Å².